The molecule has 6 atom stereocenters. The summed E-state index contributed by atoms with van der Waals surface area (Å²) in [4.78, 5) is 104. The fraction of sp³-hybridized carbons (Fsp3) is 0.354. The van der Waals surface area contributed by atoms with Crippen LogP contribution in [0, 0.1) is 36.0 Å². The van der Waals surface area contributed by atoms with Crippen molar-refractivity contribution in [2.45, 2.75) is 98.5 Å². The lowest BCUT2D eigenvalue weighted by molar-refractivity contribution is -0.130. The first kappa shape index (κ1) is 79.0. The van der Waals surface area contributed by atoms with Crippen LogP contribution in [-0.2, 0) is 48.2 Å². The molecule has 0 bridgehead atoms. The zero-order valence-corrected chi connectivity index (χ0v) is 65.3. The summed E-state index contributed by atoms with van der Waals surface area (Å²) in [6.45, 7) is 24.0. The highest BCUT2D eigenvalue weighted by Gasteiger charge is 2.38. The number of rotatable bonds is 12. The predicted octanol–water partition coefficient (Wildman–Crippen LogP) is 12.5. The lowest BCUT2D eigenvalue weighted by Crippen LogP contribution is -2.58. The number of amides is 3. The molecular formula is C79H79Cl2F5N12O9S3. The summed E-state index contributed by atoms with van der Waals surface area (Å²) in [7, 11) is 4.80. The molecule has 31 heteroatoms. The van der Waals surface area contributed by atoms with Gasteiger partial charge in [-0.3, -0.25) is 28.1 Å². The van der Waals surface area contributed by atoms with E-state index in [1.165, 1.54) is 78.2 Å². The molecule has 0 unspecified atom stereocenters. The molecule has 21 nitrogen and oxygen atoms in total. The van der Waals surface area contributed by atoms with Gasteiger partial charge in [-0.15, -0.1) is 35.3 Å². The smallest absolute Gasteiger partial charge is 0.350 e. The molecule has 0 spiro atoms. The Bertz CT molecular complexity index is 5390. The molecule has 6 aromatic carbocycles. The summed E-state index contributed by atoms with van der Waals surface area (Å²) in [6.07, 6.45) is 3.20. The number of aryl methyl sites for hydroxylation is 1. The largest absolute Gasteiger partial charge is 0.379 e. The van der Waals surface area contributed by atoms with Crippen molar-refractivity contribution in [3.05, 3.63) is 193 Å². The topological polar surface area (TPSA) is 203 Å². The van der Waals surface area contributed by atoms with Crippen molar-refractivity contribution in [1.29, 1.82) is 0 Å². The second-order valence-corrected chi connectivity index (χ2v) is 31.5. The van der Waals surface area contributed by atoms with Crippen molar-refractivity contribution >= 4 is 126 Å². The van der Waals surface area contributed by atoms with E-state index in [0.29, 0.717) is 143 Å². The van der Waals surface area contributed by atoms with Crippen LogP contribution in [0.15, 0.2) is 146 Å². The Morgan fingerprint density at radius 3 is 1.30 bits per heavy atom. The molecule has 576 valence electrons. The van der Waals surface area contributed by atoms with Gasteiger partial charge >= 0.3 is 17.1 Å². The minimum atomic E-state index is -0.746. The van der Waals surface area contributed by atoms with Gasteiger partial charge in [-0.2, -0.15) is 15.0 Å². The van der Waals surface area contributed by atoms with Crippen LogP contribution in [0.4, 0.5) is 39.4 Å². The van der Waals surface area contributed by atoms with E-state index in [4.69, 9.17) is 37.4 Å². The molecule has 0 radical (unpaired) electrons. The fourth-order valence-corrected chi connectivity index (χ4v) is 20.1. The quantitative estimate of drug-likeness (QED) is 0.0824. The van der Waals surface area contributed by atoms with Crippen molar-refractivity contribution in [2.75, 3.05) is 112 Å². The zero-order valence-electron chi connectivity index (χ0n) is 61.3. The third kappa shape index (κ3) is 15.3. The van der Waals surface area contributed by atoms with Crippen LogP contribution in [0.25, 0.3) is 66.1 Å². The van der Waals surface area contributed by atoms with Gasteiger partial charge in [-0.25, -0.2) is 36.3 Å². The maximum atomic E-state index is 15.0. The minimum Gasteiger partial charge on any atom is -0.379 e. The van der Waals surface area contributed by atoms with Gasteiger partial charge in [0.25, 0.3) is 0 Å². The van der Waals surface area contributed by atoms with Crippen LogP contribution in [0.3, 0.4) is 0 Å². The molecule has 9 heterocycles. The Morgan fingerprint density at radius 2 is 0.873 bits per heavy atom. The number of benzene rings is 6. The van der Waals surface area contributed by atoms with Gasteiger partial charge in [0.15, 0.2) is 0 Å². The maximum Gasteiger partial charge on any atom is 0.350 e. The number of carbonyl (C=O) groups is 3. The maximum absolute atomic E-state index is 15.0. The standard InChI is InChI=1S/C27H27ClF2N4O3S.C27H29FN4O3S.C25H23ClF2N4O3S/c1-5-22(35)34-14(2)10-32(11-15(34)3)26-19-9-20(28)23(18-7-6-16(29)8-21(18)30)25-24(19)33(27(36)31-26)12-17(37-4)13-38-25;1-5-22(33)30-10-11-31(17(3)13-30)26-21-12-16(2)23(18-6-8-19(28)9-7-18)25-24(21)32(27(34)29-26)14-20(35-4)15-36-25;1-3-20(33)30-6-8-31(9-7-30)24-17-11-18(26)21(16-5-4-14(27)10-19(16)28)23-22(17)32(25(34)29-24)12-15(35-2)13-36-23/h5-9,14-15,17H,1,10-13H2,2-4H3;5-9,12,17,20H,1,10-11,13-15H2,2-4H3;3-5,10-11,15H,1,6-9,12-13H2,2H3/t14-,15+,17-;17-,20+;15-/m101/s1. The Labute approximate surface area is 653 Å². The molecule has 6 aliphatic rings. The molecule has 0 N–H and O–H groups in total. The van der Waals surface area contributed by atoms with Crippen LogP contribution < -0.4 is 31.8 Å². The number of aromatic nitrogens is 6. The van der Waals surface area contributed by atoms with Gasteiger partial charge < -0.3 is 43.6 Å². The molecule has 0 saturated carbocycles. The number of carbonyl (C=O) groups excluding carboxylic acids is 3. The first-order valence-corrected chi connectivity index (χ1v) is 39.3. The molecule has 0 aliphatic carbocycles. The molecular weight excluding hydrogens is 1520 g/mol. The summed E-state index contributed by atoms with van der Waals surface area (Å²) in [5, 5.41) is 2.71. The number of methoxy groups -OCH3 is 3. The van der Waals surface area contributed by atoms with Crippen molar-refractivity contribution in [3.8, 4) is 33.4 Å². The van der Waals surface area contributed by atoms with E-state index < -0.39 is 34.6 Å². The number of hydrogen-bond donors (Lipinski definition) is 0. The molecule has 110 heavy (non-hydrogen) atoms. The van der Waals surface area contributed by atoms with E-state index >= 15 is 4.39 Å². The minimum absolute atomic E-state index is 0.0290. The number of ether oxygens (including phenoxy) is 3. The summed E-state index contributed by atoms with van der Waals surface area (Å²) in [5.74, 6) is -0.328. The third-order valence-corrected chi connectivity index (χ3v) is 25.0. The first-order chi connectivity index (χ1) is 52.8. The van der Waals surface area contributed by atoms with Gasteiger partial charge in [0.2, 0.25) is 17.7 Å². The number of thioether (sulfide) groups is 3. The Morgan fingerprint density at radius 1 is 0.473 bits per heavy atom. The molecule has 6 aliphatic heterocycles. The van der Waals surface area contributed by atoms with Crippen molar-refractivity contribution in [3.63, 3.8) is 0 Å². The van der Waals surface area contributed by atoms with Gasteiger partial charge in [-0.1, -0.05) is 55.1 Å². The Hall–Kier alpha value is -9.07. The molecule has 9 aromatic rings. The van der Waals surface area contributed by atoms with Crippen molar-refractivity contribution in [2.24, 2.45) is 0 Å². The molecule has 15 rings (SSSR count). The summed E-state index contributed by atoms with van der Waals surface area (Å²) in [6, 6.07) is 18.3. The van der Waals surface area contributed by atoms with Gasteiger partial charge in [0, 0.05) is 186 Å². The predicted molar refractivity (Wildman–Crippen MR) is 424 cm³/mol. The number of nitrogens with zero attached hydrogens (tertiary/aromatic N) is 12. The highest BCUT2D eigenvalue weighted by Crippen LogP contribution is 2.50. The van der Waals surface area contributed by atoms with Crippen LogP contribution in [0.1, 0.15) is 26.3 Å². The number of anilines is 3. The summed E-state index contributed by atoms with van der Waals surface area (Å²) in [5.41, 5.74) is 4.75. The summed E-state index contributed by atoms with van der Waals surface area (Å²) >= 11 is 18.1. The second-order valence-electron chi connectivity index (χ2n) is 27.6. The number of hydrogen-bond acceptors (Lipinski definition) is 18. The number of halogens is 7. The first-order valence-electron chi connectivity index (χ1n) is 35.6. The third-order valence-electron chi connectivity index (χ3n) is 20.7. The van der Waals surface area contributed by atoms with Crippen LogP contribution in [0.2, 0.25) is 10.0 Å². The van der Waals surface area contributed by atoms with E-state index in [2.05, 4.69) is 45.7 Å². The van der Waals surface area contributed by atoms with Crippen LogP contribution in [-0.4, -0.2) is 195 Å². The Balaban J connectivity index is 0.000000145. The highest BCUT2D eigenvalue weighted by molar-refractivity contribution is 8.00. The summed E-state index contributed by atoms with van der Waals surface area (Å²) < 4.78 is 92.7. The molecule has 3 saturated heterocycles. The van der Waals surface area contributed by atoms with E-state index in [-0.39, 0.29) is 99.9 Å². The Kier molecular flexibility index (Phi) is 23.8. The van der Waals surface area contributed by atoms with Gasteiger partial charge in [-0.05, 0) is 112 Å². The molecule has 3 aromatic heterocycles. The highest BCUT2D eigenvalue weighted by atomic mass is 35.5. The average Bonchev–Trinajstić information content (AvgIpc) is 1.18. The lowest BCUT2D eigenvalue weighted by Gasteiger charge is -2.44. The van der Waals surface area contributed by atoms with Gasteiger partial charge in [0.1, 0.15) is 46.5 Å². The van der Waals surface area contributed by atoms with Crippen molar-refractivity contribution in [1.82, 2.24) is 43.4 Å². The second kappa shape index (κ2) is 33.1. The lowest BCUT2D eigenvalue weighted by atomic mass is 9.97. The zero-order chi connectivity index (χ0) is 78.4. The van der Waals surface area contributed by atoms with E-state index in [1.54, 1.807) is 85.8 Å². The van der Waals surface area contributed by atoms with E-state index in [0.717, 1.165) is 44.6 Å². The van der Waals surface area contributed by atoms with Crippen LogP contribution >= 0.6 is 58.5 Å². The van der Waals surface area contributed by atoms with Crippen LogP contribution in [0.5, 0.6) is 0 Å². The SMILES string of the molecule is C=CC(=O)N1CCN(c2nc(=O)n3c4c(c(-c5ccc(F)cc5)c(C)cc24)SC[C@H](OC)C3)[C@@H](C)C1.C=CC(=O)N1CCN(c2nc(=O)n3c4c(c(-c5ccc(F)cc5F)c(Cl)cc24)SC[C@H](OC)C3)CC1.C=CC(=O)N1[C@H](C)CN(c2nc(=O)n3c4c(c(-c5ccc(F)cc5F)c(Cl)cc24)SC[C@H](OC)C3)C[C@@H]1C. The monoisotopic (exact) mass is 1600 g/mol. The van der Waals surface area contributed by atoms with Crippen molar-refractivity contribution < 1.29 is 50.5 Å². The normalized spacial score (nSPS) is 19.8. The van der Waals surface area contributed by atoms with Gasteiger partial charge in [0.05, 0.1) is 64.5 Å². The number of piperazine rings is 3. The molecule has 3 amide bonds. The average molecular weight is 1600 g/mol. The fourth-order valence-electron chi connectivity index (χ4n) is 15.4. The van der Waals surface area contributed by atoms with E-state index in [1.807, 2.05) is 37.5 Å². The molecule has 3 fully saturated rings. The van der Waals surface area contributed by atoms with E-state index in [9.17, 15) is 46.3 Å².